The zero-order valence-corrected chi connectivity index (χ0v) is 32.6. The first kappa shape index (κ1) is 37.2. The minimum Gasteiger partial charge on any atom is -0.497 e. The van der Waals surface area contributed by atoms with Gasteiger partial charge in [-0.2, -0.15) is 0 Å². The molecule has 1 unspecified atom stereocenters. The van der Waals surface area contributed by atoms with Gasteiger partial charge in [-0.25, -0.2) is 13.4 Å². The van der Waals surface area contributed by atoms with Crippen LogP contribution in [0.4, 0.5) is 5.69 Å². The SMILES string of the molecule is COc1cccc(NC(C(=O)N2C[C@H](Oc3ncc(OC)c4ccc(Cl)cc34)C[C@H]2C(=O)N[C@]2(C(=O)NS(=O)(=O)C3CC3)C[C@H]2I)C(C)(C)C)c1. The van der Waals surface area contributed by atoms with Gasteiger partial charge in [0.05, 0.1) is 32.2 Å². The number of fused-ring (bicyclic) bond motifs is 1. The summed E-state index contributed by atoms with van der Waals surface area (Å²) in [5.74, 6) is -0.332. The van der Waals surface area contributed by atoms with Crippen LogP contribution in [0, 0.1) is 5.41 Å². The standard InChI is InChI=1S/C35H41ClIN5O8S/c1-34(2,3)29(39-20-7-6-8-21(14-20)48-4)32(44)42-18-22(50-31-25-13-19(36)9-12-24(25)27(49-5)17-38-31)15-26(42)30(43)40-35(16-28(35)37)33(45)41-51(46,47)23-10-11-23/h6-9,12-14,17,22-23,26,28-29,39H,10-11,15-16,18H2,1-5H3,(H,40,43)(H,41,45)/t22-,26+,28-,29?,35-/m1/s1. The summed E-state index contributed by atoms with van der Waals surface area (Å²) >= 11 is 8.38. The fourth-order valence-electron chi connectivity index (χ4n) is 6.28. The summed E-state index contributed by atoms with van der Waals surface area (Å²) < 4.78 is 44.4. The average Bonchev–Trinajstić information content (AvgIpc) is 4.00. The fourth-order valence-corrected chi connectivity index (χ4v) is 8.95. The number of alkyl halides is 1. The van der Waals surface area contributed by atoms with Crippen LogP contribution >= 0.6 is 34.2 Å². The molecule has 0 radical (unpaired) electrons. The lowest BCUT2D eigenvalue weighted by atomic mass is 9.85. The van der Waals surface area contributed by atoms with Crippen molar-refractivity contribution < 1.29 is 37.0 Å². The molecule has 13 nitrogen and oxygen atoms in total. The van der Waals surface area contributed by atoms with Crippen molar-refractivity contribution in [2.24, 2.45) is 5.41 Å². The lowest BCUT2D eigenvalue weighted by molar-refractivity contribution is -0.141. The van der Waals surface area contributed by atoms with Crippen molar-refractivity contribution in [2.75, 3.05) is 26.1 Å². The van der Waals surface area contributed by atoms with E-state index in [1.165, 1.54) is 18.2 Å². The summed E-state index contributed by atoms with van der Waals surface area (Å²) in [6, 6.07) is 10.6. The minimum atomic E-state index is -3.85. The molecule has 1 aromatic heterocycles. The van der Waals surface area contributed by atoms with Crippen LogP contribution in [0.3, 0.4) is 0 Å². The third-order valence-electron chi connectivity index (χ3n) is 9.44. The fraction of sp³-hybridized carbons (Fsp3) is 0.486. The number of aromatic nitrogens is 1. The van der Waals surface area contributed by atoms with Gasteiger partial charge in [0.2, 0.25) is 27.7 Å². The first-order chi connectivity index (χ1) is 24.1. The van der Waals surface area contributed by atoms with Crippen LogP contribution in [0.15, 0.2) is 48.7 Å². The normalized spacial score (nSPS) is 23.7. The highest BCUT2D eigenvalue weighted by molar-refractivity contribution is 14.1. The number of sulfonamides is 1. The van der Waals surface area contributed by atoms with Crippen molar-refractivity contribution in [3.63, 3.8) is 0 Å². The smallest absolute Gasteiger partial charge is 0.260 e. The third kappa shape index (κ3) is 7.80. The molecule has 6 rings (SSSR count). The van der Waals surface area contributed by atoms with Crippen molar-refractivity contribution in [3.8, 4) is 17.4 Å². The van der Waals surface area contributed by atoms with Crippen molar-refractivity contribution in [1.82, 2.24) is 19.9 Å². The number of nitrogens with one attached hydrogen (secondary N) is 3. The number of hydrogen-bond acceptors (Lipinski definition) is 10. The molecule has 0 bridgehead atoms. The van der Waals surface area contributed by atoms with Crippen LogP contribution in [-0.2, 0) is 24.4 Å². The molecule has 274 valence electrons. The van der Waals surface area contributed by atoms with E-state index >= 15 is 0 Å². The van der Waals surface area contributed by atoms with Gasteiger partial charge in [0.15, 0.2) is 0 Å². The van der Waals surface area contributed by atoms with Gasteiger partial charge in [-0.1, -0.05) is 61.0 Å². The van der Waals surface area contributed by atoms with E-state index in [4.69, 9.17) is 25.8 Å². The highest BCUT2D eigenvalue weighted by Gasteiger charge is 2.62. The average molecular weight is 854 g/mol. The zero-order chi connectivity index (χ0) is 36.9. The number of pyridine rings is 1. The maximum absolute atomic E-state index is 14.6. The summed E-state index contributed by atoms with van der Waals surface area (Å²) in [5, 5.41) is 7.37. The van der Waals surface area contributed by atoms with E-state index in [9.17, 15) is 22.8 Å². The number of carbonyl (C=O) groups is 3. The van der Waals surface area contributed by atoms with E-state index in [-0.39, 0.29) is 35.1 Å². The summed E-state index contributed by atoms with van der Waals surface area (Å²) in [6.07, 6.45) is 2.15. The van der Waals surface area contributed by atoms with Crippen molar-refractivity contribution in [3.05, 3.63) is 53.7 Å². The maximum atomic E-state index is 14.6. The van der Waals surface area contributed by atoms with Gasteiger partial charge in [-0.05, 0) is 55.0 Å². The Morgan fingerprint density at radius 3 is 2.43 bits per heavy atom. The molecule has 16 heteroatoms. The Labute approximate surface area is 315 Å². The molecule has 5 atom stereocenters. The van der Waals surface area contributed by atoms with Crippen LogP contribution < -0.4 is 29.6 Å². The monoisotopic (exact) mass is 853 g/mol. The van der Waals surface area contributed by atoms with Crippen LogP contribution in [0.5, 0.6) is 17.4 Å². The molecule has 51 heavy (non-hydrogen) atoms. The van der Waals surface area contributed by atoms with E-state index < -0.39 is 56.2 Å². The van der Waals surface area contributed by atoms with E-state index in [1.54, 1.807) is 37.4 Å². The summed E-state index contributed by atoms with van der Waals surface area (Å²) in [7, 11) is -0.750. The molecule has 2 heterocycles. The number of methoxy groups -OCH3 is 2. The Bertz CT molecular complexity index is 1970. The van der Waals surface area contributed by atoms with Crippen molar-refractivity contribution in [2.45, 2.75) is 79.4 Å². The summed E-state index contributed by atoms with van der Waals surface area (Å²) in [4.78, 5) is 48.2. The molecule has 0 spiro atoms. The molecule has 1 aliphatic heterocycles. The van der Waals surface area contributed by atoms with E-state index in [0.717, 1.165) is 5.39 Å². The molecule has 3 N–H and O–H groups in total. The second-order valence-electron chi connectivity index (χ2n) is 14.3. The lowest BCUT2D eigenvalue weighted by Crippen LogP contribution is -2.58. The number of nitrogens with zero attached hydrogens (tertiary/aromatic N) is 2. The summed E-state index contributed by atoms with van der Waals surface area (Å²) in [5.41, 5.74) is -1.40. The number of ether oxygens (including phenoxy) is 3. The Morgan fingerprint density at radius 1 is 1.08 bits per heavy atom. The van der Waals surface area contributed by atoms with Gasteiger partial charge in [-0.15, -0.1) is 0 Å². The van der Waals surface area contributed by atoms with Crippen LogP contribution in [0.1, 0.15) is 46.5 Å². The van der Waals surface area contributed by atoms with Gasteiger partial charge >= 0.3 is 0 Å². The summed E-state index contributed by atoms with van der Waals surface area (Å²) in [6.45, 7) is 5.79. The largest absolute Gasteiger partial charge is 0.497 e. The van der Waals surface area contributed by atoms with E-state index in [0.29, 0.717) is 40.4 Å². The maximum Gasteiger partial charge on any atom is 0.260 e. The predicted molar refractivity (Wildman–Crippen MR) is 201 cm³/mol. The number of carbonyl (C=O) groups excluding carboxylic acids is 3. The first-order valence-corrected chi connectivity index (χ1v) is 19.8. The van der Waals surface area contributed by atoms with Gasteiger partial charge in [-0.3, -0.25) is 19.1 Å². The number of halogens is 2. The van der Waals surface area contributed by atoms with Gasteiger partial charge < -0.3 is 29.7 Å². The Morgan fingerprint density at radius 2 is 1.80 bits per heavy atom. The first-order valence-electron chi connectivity index (χ1n) is 16.6. The topological polar surface area (TPSA) is 165 Å². The molecule has 2 aromatic carbocycles. The number of benzene rings is 2. The minimum absolute atomic E-state index is 0.0297. The van der Waals surface area contributed by atoms with Crippen LogP contribution in [0.2, 0.25) is 5.02 Å². The Hall–Kier alpha value is -3.57. The predicted octanol–water partition coefficient (Wildman–Crippen LogP) is 4.45. The molecular weight excluding hydrogens is 813 g/mol. The van der Waals surface area contributed by atoms with Crippen LogP contribution in [0.25, 0.3) is 10.8 Å². The highest BCUT2D eigenvalue weighted by atomic mass is 127. The van der Waals surface area contributed by atoms with E-state index in [1.807, 2.05) is 55.5 Å². The highest BCUT2D eigenvalue weighted by Crippen LogP contribution is 2.45. The molecular formula is C35H41ClIN5O8S. The molecule has 3 amide bonds. The Balaban J connectivity index is 1.31. The Kier molecular flexibility index (Phi) is 10.3. The number of rotatable bonds is 12. The second-order valence-corrected chi connectivity index (χ2v) is 18.2. The molecule has 2 saturated carbocycles. The van der Waals surface area contributed by atoms with Crippen LogP contribution in [-0.4, -0.2) is 89.7 Å². The zero-order valence-electron chi connectivity index (χ0n) is 28.9. The lowest BCUT2D eigenvalue weighted by Gasteiger charge is -2.36. The molecule has 3 aliphatic rings. The van der Waals surface area contributed by atoms with Gasteiger partial charge in [0, 0.05) is 37.9 Å². The quantitative estimate of drug-likeness (QED) is 0.175. The molecule has 3 fully saturated rings. The molecule has 1 saturated heterocycles. The third-order valence-corrected chi connectivity index (χ3v) is 13.0. The number of likely N-dealkylation sites (tertiary alicyclic amines) is 1. The second kappa shape index (κ2) is 14.1. The number of amides is 3. The number of anilines is 1. The van der Waals surface area contributed by atoms with Crippen molar-refractivity contribution >= 4 is 78.4 Å². The molecule has 3 aromatic rings. The number of hydrogen-bond donors (Lipinski definition) is 3. The molecule has 2 aliphatic carbocycles. The van der Waals surface area contributed by atoms with E-state index in [2.05, 4.69) is 20.3 Å². The van der Waals surface area contributed by atoms with Gasteiger partial charge in [0.1, 0.15) is 35.2 Å². The van der Waals surface area contributed by atoms with Gasteiger partial charge in [0.25, 0.3) is 5.91 Å². The van der Waals surface area contributed by atoms with Crippen molar-refractivity contribution in [1.29, 1.82) is 0 Å².